The number of aromatic amines is 1. The number of carboxylic acids is 1. The number of nitrogens with one attached hydrogen (secondary N) is 1. The maximum absolute atomic E-state index is 13.5. The van der Waals surface area contributed by atoms with Crippen molar-refractivity contribution < 1.29 is 19.4 Å². The summed E-state index contributed by atoms with van der Waals surface area (Å²) in [6, 6.07) is 14.4. The highest BCUT2D eigenvalue weighted by atomic mass is 35.5. The van der Waals surface area contributed by atoms with E-state index < -0.39 is 17.2 Å². The van der Waals surface area contributed by atoms with Crippen LogP contribution in [0, 0.1) is 0 Å². The standard InChI is InChI=1S/C21H17Cl2NO4/c1-28-14-9-7-13(8-10-14)19(25)21(20(26)27,18-6-3-11-24-18)12-15-16(22)4-2-5-17(15)23/h2-11,24H,12H2,1H3,(H,26,27). The fraction of sp³-hybridized carbons (Fsp3) is 0.143. The molecule has 1 heterocycles. The van der Waals surface area contributed by atoms with E-state index in [0.29, 0.717) is 21.4 Å². The Labute approximate surface area is 171 Å². The predicted molar refractivity (Wildman–Crippen MR) is 108 cm³/mol. The Kier molecular flexibility index (Phi) is 5.77. The Balaban J connectivity index is 2.18. The van der Waals surface area contributed by atoms with E-state index in [4.69, 9.17) is 27.9 Å². The first-order valence-electron chi connectivity index (χ1n) is 8.39. The minimum absolute atomic E-state index is 0.202. The van der Waals surface area contributed by atoms with Gasteiger partial charge in [-0.15, -0.1) is 0 Å². The smallest absolute Gasteiger partial charge is 0.324 e. The van der Waals surface area contributed by atoms with Crippen LogP contribution in [0.25, 0.3) is 0 Å². The Morgan fingerprint density at radius 3 is 2.18 bits per heavy atom. The normalized spacial score (nSPS) is 13.0. The van der Waals surface area contributed by atoms with Gasteiger partial charge in [0.1, 0.15) is 5.75 Å². The van der Waals surface area contributed by atoms with Gasteiger partial charge in [-0.3, -0.25) is 9.59 Å². The summed E-state index contributed by atoms with van der Waals surface area (Å²) in [5, 5.41) is 10.8. The highest BCUT2D eigenvalue weighted by Crippen LogP contribution is 2.37. The maximum Gasteiger partial charge on any atom is 0.324 e. The molecule has 2 N–H and O–H groups in total. The molecule has 0 radical (unpaired) electrons. The van der Waals surface area contributed by atoms with Crippen LogP contribution < -0.4 is 4.74 Å². The average Bonchev–Trinajstić information content (AvgIpc) is 3.22. The van der Waals surface area contributed by atoms with Crippen LogP contribution >= 0.6 is 23.2 Å². The minimum Gasteiger partial charge on any atom is -0.497 e. The molecule has 144 valence electrons. The van der Waals surface area contributed by atoms with Crippen molar-refractivity contribution in [2.75, 3.05) is 7.11 Å². The molecule has 0 saturated heterocycles. The predicted octanol–water partition coefficient (Wildman–Crippen LogP) is 4.78. The monoisotopic (exact) mass is 417 g/mol. The summed E-state index contributed by atoms with van der Waals surface area (Å²) in [6.45, 7) is 0. The number of aliphatic carboxylic acids is 1. The summed E-state index contributed by atoms with van der Waals surface area (Å²) < 4.78 is 5.11. The molecule has 3 rings (SSSR count). The molecule has 0 spiro atoms. The molecule has 7 heteroatoms. The summed E-state index contributed by atoms with van der Waals surface area (Å²) in [5.74, 6) is -1.32. The number of Topliss-reactive ketones (excluding diaryl/α,β-unsaturated/α-hetero) is 1. The first-order valence-corrected chi connectivity index (χ1v) is 9.14. The van der Waals surface area contributed by atoms with Crippen molar-refractivity contribution in [3.05, 3.63) is 87.7 Å². The molecule has 1 atom stereocenters. The van der Waals surface area contributed by atoms with Crippen molar-refractivity contribution in [2.24, 2.45) is 0 Å². The quantitative estimate of drug-likeness (QED) is 0.428. The number of hydrogen-bond donors (Lipinski definition) is 2. The summed E-state index contributed by atoms with van der Waals surface area (Å²) in [4.78, 5) is 28.9. The van der Waals surface area contributed by atoms with Crippen LogP contribution in [0.1, 0.15) is 21.6 Å². The second kappa shape index (κ2) is 8.09. The number of hydrogen-bond acceptors (Lipinski definition) is 3. The number of ether oxygens (including phenoxy) is 1. The van der Waals surface area contributed by atoms with Crippen molar-refractivity contribution in [1.82, 2.24) is 4.98 Å². The van der Waals surface area contributed by atoms with E-state index in [0.717, 1.165) is 0 Å². The molecule has 0 aliphatic rings. The van der Waals surface area contributed by atoms with Gasteiger partial charge in [0.05, 0.1) is 7.11 Å². The fourth-order valence-corrected chi connectivity index (χ4v) is 3.67. The minimum atomic E-state index is -1.92. The van der Waals surface area contributed by atoms with E-state index >= 15 is 0 Å². The molecule has 0 bridgehead atoms. The average molecular weight is 418 g/mol. The molecule has 0 amide bonds. The third-order valence-corrected chi connectivity index (χ3v) is 5.37. The van der Waals surface area contributed by atoms with Gasteiger partial charge in [0.2, 0.25) is 0 Å². The largest absolute Gasteiger partial charge is 0.497 e. The van der Waals surface area contributed by atoms with Crippen molar-refractivity contribution in [2.45, 2.75) is 11.8 Å². The van der Waals surface area contributed by atoms with Crippen LogP contribution in [0.3, 0.4) is 0 Å². The van der Waals surface area contributed by atoms with Gasteiger partial charge in [-0.25, -0.2) is 0 Å². The van der Waals surface area contributed by atoms with Gasteiger partial charge in [-0.05, 0) is 54.1 Å². The van der Waals surface area contributed by atoms with Crippen molar-refractivity contribution >= 4 is 35.0 Å². The molecule has 5 nitrogen and oxygen atoms in total. The van der Waals surface area contributed by atoms with Crippen LogP contribution in [0.5, 0.6) is 5.75 Å². The highest BCUT2D eigenvalue weighted by Gasteiger charge is 2.49. The van der Waals surface area contributed by atoms with Crippen LogP contribution in [0.15, 0.2) is 60.8 Å². The molecule has 28 heavy (non-hydrogen) atoms. The summed E-state index contributed by atoms with van der Waals surface area (Å²) in [5.41, 5.74) is -1.05. The number of ketones is 1. The van der Waals surface area contributed by atoms with Crippen molar-refractivity contribution in [1.29, 1.82) is 0 Å². The lowest BCUT2D eigenvalue weighted by molar-refractivity contribution is -0.141. The number of aromatic nitrogens is 1. The topological polar surface area (TPSA) is 79.4 Å². The number of carboxylic acid groups (broad SMARTS) is 1. The summed E-state index contributed by atoms with van der Waals surface area (Å²) >= 11 is 12.6. The highest BCUT2D eigenvalue weighted by molar-refractivity contribution is 6.36. The molecule has 3 aromatic rings. The van der Waals surface area contributed by atoms with Gasteiger partial charge >= 0.3 is 5.97 Å². The summed E-state index contributed by atoms with van der Waals surface area (Å²) in [7, 11) is 1.51. The molecule has 2 aromatic carbocycles. The second-order valence-corrected chi connectivity index (χ2v) is 7.04. The lowest BCUT2D eigenvalue weighted by Crippen LogP contribution is -2.46. The molecular formula is C21H17Cl2NO4. The lowest BCUT2D eigenvalue weighted by atomic mass is 9.73. The van der Waals surface area contributed by atoms with E-state index in [1.54, 1.807) is 48.7 Å². The molecule has 0 saturated carbocycles. The Bertz CT molecular complexity index is 980. The van der Waals surface area contributed by atoms with Crippen LogP contribution in [0.2, 0.25) is 10.0 Å². The number of carbonyl (C=O) groups is 2. The van der Waals surface area contributed by atoms with Gasteiger partial charge < -0.3 is 14.8 Å². The van der Waals surface area contributed by atoms with Gasteiger partial charge in [-0.1, -0.05) is 29.3 Å². The number of halogens is 2. The molecule has 0 aliphatic carbocycles. The Morgan fingerprint density at radius 2 is 1.68 bits per heavy atom. The number of benzene rings is 2. The zero-order chi connectivity index (χ0) is 20.3. The van der Waals surface area contributed by atoms with Gasteiger partial charge in [0.25, 0.3) is 0 Å². The van der Waals surface area contributed by atoms with E-state index in [-0.39, 0.29) is 17.7 Å². The van der Waals surface area contributed by atoms with Gasteiger partial charge in [0, 0.05) is 33.9 Å². The molecule has 1 aromatic heterocycles. The van der Waals surface area contributed by atoms with E-state index in [9.17, 15) is 14.7 Å². The zero-order valence-corrected chi connectivity index (χ0v) is 16.4. The number of H-pyrrole nitrogens is 1. The third-order valence-electron chi connectivity index (χ3n) is 4.67. The van der Waals surface area contributed by atoms with E-state index in [1.807, 2.05) is 0 Å². The molecule has 1 unspecified atom stereocenters. The van der Waals surface area contributed by atoms with E-state index in [2.05, 4.69) is 4.98 Å². The number of methoxy groups -OCH3 is 1. The number of carbonyl (C=O) groups excluding carboxylic acids is 1. The second-order valence-electron chi connectivity index (χ2n) is 6.23. The van der Waals surface area contributed by atoms with Crippen LogP contribution in [0.4, 0.5) is 0 Å². The zero-order valence-electron chi connectivity index (χ0n) is 14.9. The molecule has 0 fully saturated rings. The van der Waals surface area contributed by atoms with Crippen LogP contribution in [-0.4, -0.2) is 29.0 Å². The third kappa shape index (κ3) is 3.51. The first kappa shape index (κ1) is 20.0. The molecular weight excluding hydrogens is 401 g/mol. The Morgan fingerprint density at radius 1 is 1.04 bits per heavy atom. The molecule has 0 aliphatic heterocycles. The number of rotatable bonds is 7. The van der Waals surface area contributed by atoms with Crippen molar-refractivity contribution in [3.63, 3.8) is 0 Å². The van der Waals surface area contributed by atoms with Gasteiger partial charge in [-0.2, -0.15) is 0 Å². The van der Waals surface area contributed by atoms with Gasteiger partial charge in [0.15, 0.2) is 11.2 Å². The van der Waals surface area contributed by atoms with E-state index in [1.165, 1.54) is 19.2 Å². The summed E-state index contributed by atoms with van der Waals surface area (Å²) in [6.07, 6.45) is 1.37. The van der Waals surface area contributed by atoms with Crippen LogP contribution in [-0.2, 0) is 16.6 Å². The fourth-order valence-electron chi connectivity index (χ4n) is 3.14. The van der Waals surface area contributed by atoms with Crippen molar-refractivity contribution in [3.8, 4) is 5.75 Å². The first-order chi connectivity index (χ1) is 13.4. The SMILES string of the molecule is COc1ccc(C(=O)C(Cc2c(Cl)cccc2Cl)(C(=O)O)c2ccc[nH]2)cc1. The lowest BCUT2D eigenvalue weighted by Gasteiger charge is -2.28. The maximum atomic E-state index is 13.5. The Hall–Kier alpha value is -2.76.